The Hall–Kier alpha value is -0.320. The van der Waals surface area contributed by atoms with Crippen molar-refractivity contribution < 1.29 is 21.2 Å². The van der Waals surface area contributed by atoms with Crippen LogP contribution in [0.15, 0.2) is 12.2 Å². The van der Waals surface area contributed by atoms with Crippen LogP contribution in [0.5, 0.6) is 0 Å². The molecule has 0 aromatic rings. The van der Waals surface area contributed by atoms with Crippen LogP contribution in [0.1, 0.15) is 1.43 Å². The second-order valence-corrected chi connectivity index (χ2v) is 1.01. The van der Waals surface area contributed by atoms with Gasteiger partial charge in [-0.15, -0.1) is 0 Å². The summed E-state index contributed by atoms with van der Waals surface area (Å²) in [5.74, 6) is -2.51. The number of carboxylic acid groups (broad SMARTS) is 2. The van der Waals surface area contributed by atoms with E-state index in [0.29, 0.717) is 12.2 Å². The van der Waals surface area contributed by atoms with Gasteiger partial charge in [0.1, 0.15) is 0 Å². The molecule has 0 aromatic carbocycles. The van der Waals surface area contributed by atoms with E-state index in [1.807, 2.05) is 0 Å². The number of hydrogen-bond acceptors (Lipinski definition) is 2. The van der Waals surface area contributed by atoms with Gasteiger partial charge in [-0.2, -0.15) is 0 Å². The molecular formula is C4H6NaO4. The first-order valence-electron chi connectivity index (χ1n) is 1.77. The summed E-state index contributed by atoms with van der Waals surface area (Å²) in [7, 11) is 0. The molecule has 0 atom stereocenters. The fourth-order valence-corrected chi connectivity index (χ4v) is 0.143. The summed E-state index contributed by atoms with van der Waals surface area (Å²) in [6.07, 6.45) is 1.12. The van der Waals surface area contributed by atoms with Crippen LogP contribution in [0.25, 0.3) is 0 Å². The minimum Gasteiger partial charge on any atom is -0.478 e. The fraction of sp³-hybridized carbons (Fsp3) is 0. The summed E-state index contributed by atoms with van der Waals surface area (Å²) in [6, 6.07) is 0. The van der Waals surface area contributed by atoms with E-state index < -0.39 is 11.9 Å². The Morgan fingerprint density at radius 1 is 1.11 bits per heavy atom. The summed E-state index contributed by atoms with van der Waals surface area (Å²) >= 11 is 0. The topological polar surface area (TPSA) is 74.6 Å². The van der Waals surface area contributed by atoms with E-state index in [9.17, 15) is 9.59 Å². The van der Waals surface area contributed by atoms with Gasteiger partial charge < -0.3 is 10.2 Å². The van der Waals surface area contributed by atoms with Gasteiger partial charge in [-0.25, -0.2) is 9.59 Å². The van der Waals surface area contributed by atoms with Crippen molar-refractivity contribution in [1.29, 1.82) is 0 Å². The van der Waals surface area contributed by atoms with Crippen LogP contribution >= 0.6 is 0 Å². The molecule has 0 amide bonds. The third-order valence-corrected chi connectivity index (χ3v) is 0.368. The van der Waals surface area contributed by atoms with Gasteiger partial charge in [-0.1, -0.05) is 0 Å². The Kier molecular flexibility index (Phi) is 7.41. The average Bonchev–Trinajstić information content (AvgIpc) is 1.61. The molecule has 2 N–H and O–H groups in total. The molecule has 0 bridgehead atoms. The van der Waals surface area contributed by atoms with Crippen molar-refractivity contribution >= 4 is 41.5 Å². The van der Waals surface area contributed by atoms with Gasteiger partial charge in [0.2, 0.25) is 0 Å². The minimum absolute atomic E-state index is 0. The zero-order valence-corrected chi connectivity index (χ0v) is 6.87. The number of carboxylic acids is 2. The van der Waals surface area contributed by atoms with Gasteiger partial charge in [-0.3, -0.25) is 0 Å². The van der Waals surface area contributed by atoms with Crippen LogP contribution in [-0.2, 0) is 9.59 Å². The van der Waals surface area contributed by atoms with E-state index in [-0.39, 0.29) is 31.0 Å². The maximum Gasteiger partial charge on any atom is 0.328 e. The molecule has 0 aliphatic carbocycles. The van der Waals surface area contributed by atoms with E-state index in [1.54, 1.807) is 0 Å². The molecule has 0 aromatic heterocycles. The van der Waals surface area contributed by atoms with Crippen molar-refractivity contribution in [2.24, 2.45) is 0 Å². The SMILES string of the molecule is O=C(O)C=CC(=O)O.[HH].[Na]. The molecule has 0 saturated carbocycles. The van der Waals surface area contributed by atoms with Gasteiger partial charge in [0, 0.05) is 43.1 Å². The van der Waals surface area contributed by atoms with Crippen LogP contribution < -0.4 is 0 Å². The molecule has 47 valence electrons. The normalized spacial score (nSPS) is 8.44. The summed E-state index contributed by atoms with van der Waals surface area (Å²) in [6.45, 7) is 0. The first-order chi connectivity index (χ1) is 3.63. The van der Waals surface area contributed by atoms with E-state index in [2.05, 4.69) is 0 Å². The molecule has 5 heteroatoms. The summed E-state index contributed by atoms with van der Waals surface area (Å²) in [5, 5.41) is 15.6. The summed E-state index contributed by atoms with van der Waals surface area (Å²) in [5.41, 5.74) is 0. The Balaban J connectivity index is -0.000000245. The smallest absolute Gasteiger partial charge is 0.328 e. The minimum atomic E-state index is -1.26. The number of carbonyl (C=O) groups is 2. The Labute approximate surface area is 75.0 Å². The van der Waals surface area contributed by atoms with Crippen LogP contribution in [0.3, 0.4) is 0 Å². The number of aliphatic carboxylic acids is 2. The maximum absolute atomic E-state index is 9.55. The van der Waals surface area contributed by atoms with Crippen molar-refractivity contribution in [3.63, 3.8) is 0 Å². The van der Waals surface area contributed by atoms with Gasteiger partial charge in [0.25, 0.3) is 0 Å². The Morgan fingerprint density at radius 2 is 1.33 bits per heavy atom. The zero-order valence-electron chi connectivity index (χ0n) is 4.87. The molecule has 0 saturated heterocycles. The maximum atomic E-state index is 9.55. The second-order valence-electron chi connectivity index (χ2n) is 1.01. The van der Waals surface area contributed by atoms with Crippen molar-refractivity contribution in [2.75, 3.05) is 0 Å². The second kappa shape index (κ2) is 5.81. The van der Waals surface area contributed by atoms with Crippen LogP contribution in [0.2, 0.25) is 0 Å². The quantitative estimate of drug-likeness (QED) is 0.404. The Morgan fingerprint density at radius 3 is 1.44 bits per heavy atom. The van der Waals surface area contributed by atoms with Crippen LogP contribution in [0.4, 0.5) is 0 Å². The van der Waals surface area contributed by atoms with Crippen molar-refractivity contribution in [2.45, 2.75) is 0 Å². The molecule has 0 heterocycles. The molecule has 0 aliphatic rings. The number of rotatable bonds is 2. The predicted octanol–water partition coefficient (Wildman–Crippen LogP) is -0.423. The molecule has 0 rings (SSSR count). The molecule has 0 fully saturated rings. The van der Waals surface area contributed by atoms with Crippen molar-refractivity contribution in [3.05, 3.63) is 12.2 Å². The van der Waals surface area contributed by atoms with Gasteiger partial charge in [0.15, 0.2) is 0 Å². The number of hydrogen-bond donors (Lipinski definition) is 2. The van der Waals surface area contributed by atoms with Crippen LogP contribution in [-0.4, -0.2) is 51.7 Å². The standard InChI is InChI=1S/C4H4O4.Na.H2/c5-3(6)1-2-4(7)8;;/h1-2H,(H,5,6)(H,7,8);;1H. The zero-order chi connectivity index (χ0) is 6.57. The summed E-state index contributed by atoms with van der Waals surface area (Å²) in [4.78, 5) is 19.1. The molecule has 0 spiro atoms. The van der Waals surface area contributed by atoms with E-state index in [1.165, 1.54) is 0 Å². The largest absolute Gasteiger partial charge is 0.478 e. The first kappa shape index (κ1) is 11.5. The molecule has 4 nitrogen and oxygen atoms in total. The molecule has 0 unspecified atom stereocenters. The van der Waals surface area contributed by atoms with Crippen molar-refractivity contribution in [1.82, 2.24) is 0 Å². The molecule has 1 radical (unpaired) electrons. The predicted molar refractivity (Wildman–Crippen MR) is 32.3 cm³/mol. The third-order valence-electron chi connectivity index (χ3n) is 0.368. The van der Waals surface area contributed by atoms with Crippen LogP contribution in [0, 0.1) is 0 Å². The molecule has 0 aliphatic heterocycles. The fourth-order valence-electron chi connectivity index (χ4n) is 0.143. The summed E-state index contributed by atoms with van der Waals surface area (Å²) < 4.78 is 0. The van der Waals surface area contributed by atoms with Crippen molar-refractivity contribution in [3.8, 4) is 0 Å². The van der Waals surface area contributed by atoms with E-state index >= 15 is 0 Å². The van der Waals surface area contributed by atoms with Gasteiger partial charge in [0.05, 0.1) is 0 Å². The van der Waals surface area contributed by atoms with Gasteiger partial charge in [-0.05, 0) is 0 Å². The van der Waals surface area contributed by atoms with Gasteiger partial charge >= 0.3 is 11.9 Å². The van der Waals surface area contributed by atoms with E-state index in [4.69, 9.17) is 10.2 Å². The Bertz CT molecular complexity index is 128. The third kappa shape index (κ3) is 11.3. The molecule has 9 heavy (non-hydrogen) atoms. The first-order valence-corrected chi connectivity index (χ1v) is 1.77. The van der Waals surface area contributed by atoms with E-state index in [0.717, 1.165) is 0 Å². The molecular weight excluding hydrogens is 135 g/mol. The monoisotopic (exact) mass is 141 g/mol. The average molecular weight is 141 g/mol.